The van der Waals surface area contributed by atoms with Crippen LogP contribution in [0, 0.1) is 5.92 Å². The molecule has 14 heavy (non-hydrogen) atoms. The molecular weight excluding hydrogens is 180 g/mol. The normalized spacial score (nSPS) is 13.1. The van der Waals surface area contributed by atoms with Crippen LogP contribution in [0.25, 0.3) is 0 Å². The van der Waals surface area contributed by atoms with Crippen molar-refractivity contribution in [3.05, 3.63) is 12.2 Å². The molecule has 82 valence electrons. The number of rotatable bonds is 7. The predicted octanol–water partition coefficient (Wildman–Crippen LogP) is 2.17. The molecule has 0 aliphatic rings. The molecule has 0 saturated heterocycles. The molecule has 0 radical (unpaired) electrons. The number of allylic oxidation sites excluding steroid dienone is 1. The fourth-order valence-electron chi connectivity index (χ4n) is 1.14. The minimum Gasteiger partial charge on any atom is -0.469 e. The molecule has 0 heterocycles. The second-order valence-electron chi connectivity index (χ2n) is 3.28. The van der Waals surface area contributed by atoms with Crippen LogP contribution >= 0.6 is 0 Å². The van der Waals surface area contributed by atoms with Gasteiger partial charge in [-0.3, -0.25) is 4.79 Å². The van der Waals surface area contributed by atoms with Gasteiger partial charge in [0, 0.05) is 7.11 Å². The Morgan fingerprint density at radius 3 is 2.64 bits per heavy atom. The van der Waals surface area contributed by atoms with Gasteiger partial charge in [-0.1, -0.05) is 19.1 Å². The van der Waals surface area contributed by atoms with E-state index in [1.54, 1.807) is 7.11 Å². The van der Waals surface area contributed by atoms with Gasteiger partial charge < -0.3 is 9.47 Å². The first-order valence-electron chi connectivity index (χ1n) is 4.94. The summed E-state index contributed by atoms with van der Waals surface area (Å²) in [5.41, 5.74) is 0. The standard InChI is InChI=1S/C11H20O3/c1-10(11(12)14-3)8-6-4-5-7-9-13-2/h5,7,10H,4,6,8-9H2,1-3H3/b7-5+. The van der Waals surface area contributed by atoms with Crippen molar-refractivity contribution < 1.29 is 14.3 Å². The lowest BCUT2D eigenvalue weighted by atomic mass is 10.0. The van der Waals surface area contributed by atoms with Crippen molar-refractivity contribution in [1.82, 2.24) is 0 Å². The van der Waals surface area contributed by atoms with Crippen molar-refractivity contribution in [2.24, 2.45) is 5.92 Å². The van der Waals surface area contributed by atoms with Crippen LogP contribution in [0.3, 0.4) is 0 Å². The number of hydrogen-bond donors (Lipinski definition) is 0. The highest BCUT2D eigenvalue weighted by atomic mass is 16.5. The molecule has 3 nitrogen and oxygen atoms in total. The Labute approximate surface area is 86.1 Å². The molecule has 0 bridgehead atoms. The van der Waals surface area contributed by atoms with E-state index in [2.05, 4.69) is 10.8 Å². The maximum Gasteiger partial charge on any atom is 0.308 e. The van der Waals surface area contributed by atoms with Gasteiger partial charge in [-0.05, 0) is 19.3 Å². The lowest BCUT2D eigenvalue weighted by molar-refractivity contribution is -0.145. The SMILES string of the molecule is COC/C=C/CCCC(C)C(=O)OC. The second-order valence-corrected chi connectivity index (χ2v) is 3.28. The van der Waals surface area contributed by atoms with E-state index in [0.29, 0.717) is 6.61 Å². The van der Waals surface area contributed by atoms with E-state index in [9.17, 15) is 4.79 Å². The lowest BCUT2D eigenvalue weighted by Crippen LogP contribution is -2.12. The second kappa shape index (κ2) is 8.75. The molecule has 0 spiro atoms. The van der Waals surface area contributed by atoms with Crippen LogP contribution in [0.1, 0.15) is 26.2 Å². The Balaban J connectivity index is 3.40. The van der Waals surface area contributed by atoms with Crippen molar-refractivity contribution in [2.75, 3.05) is 20.8 Å². The fourth-order valence-corrected chi connectivity index (χ4v) is 1.14. The van der Waals surface area contributed by atoms with Gasteiger partial charge in [0.1, 0.15) is 0 Å². The minimum absolute atomic E-state index is 0.0100. The van der Waals surface area contributed by atoms with Crippen molar-refractivity contribution in [3.63, 3.8) is 0 Å². The van der Waals surface area contributed by atoms with Crippen LogP contribution in [0.15, 0.2) is 12.2 Å². The van der Waals surface area contributed by atoms with Crippen LogP contribution in [0.2, 0.25) is 0 Å². The highest BCUT2D eigenvalue weighted by Gasteiger charge is 2.11. The molecule has 3 heteroatoms. The zero-order chi connectivity index (χ0) is 10.8. The van der Waals surface area contributed by atoms with E-state index in [1.165, 1.54) is 7.11 Å². The van der Waals surface area contributed by atoms with E-state index in [4.69, 9.17) is 4.74 Å². The smallest absolute Gasteiger partial charge is 0.308 e. The molecule has 0 fully saturated rings. The van der Waals surface area contributed by atoms with Crippen LogP contribution in [0.4, 0.5) is 0 Å². The topological polar surface area (TPSA) is 35.5 Å². The zero-order valence-corrected chi connectivity index (χ0v) is 9.29. The third-order valence-corrected chi connectivity index (χ3v) is 2.04. The molecule has 1 unspecified atom stereocenters. The summed E-state index contributed by atoms with van der Waals surface area (Å²) >= 11 is 0. The summed E-state index contributed by atoms with van der Waals surface area (Å²) in [6.07, 6.45) is 6.95. The lowest BCUT2D eigenvalue weighted by Gasteiger charge is -2.06. The molecule has 0 aliphatic carbocycles. The summed E-state index contributed by atoms with van der Waals surface area (Å²) in [5.74, 6) is -0.110. The Hall–Kier alpha value is -0.830. The monoisotopic (exact) mass is 200 g/mol. The van der Waals surface area contributed by atoms with Gasteiger partial charge in [-0.2, -0.15) is 0 Å². The molecule has 0 aromatic rings. The van der Waals surface area contributed by atoms with Gasteiger partial charge >= 0.3 is 5.97 Å². The summed E-state index contributed by atoms with van der Waals surface area (Å²) in [6, 6.07) is 0. The first-order chi connectivity index (χ1) is 6.72. The minimum atomic E-state index is -0.120. The van der Waals surface area contributed by atoms with Gasteiger partial charge in [0.2, 0.25) is 0 Å². The molecule has 0 N–H and O–H groups in total. The Morgan fingerprint density at radius 1 is 1.36 bits per heavy atom. The van der Waals surface area contributed by atoms with Crippen LogP contribution in [-0.2, 0) is 14.3 Å². The summed E-state index contributed by atoms with van der Waals surface area (Å²) in [6.45, 7) is 2.55. The molecular formula is C11H20O3. The summed E-state index contributed by atoms with van der Waals surface area (Å²) in [7, 11) is 3.10. The number of carbonyl (C=O) groups excluding carboxylic acids is 1. The maximum absolute atomic E-state index is 11.0. The summed E-state index contributed by atoms with van der Waals surface area (Å²) in [5, 5.41) is 0. The summed E-state index contributed by atoms with van der Waals surface area (Å²) in [4.78, 5) is 11.0. The summed E-state index contributed by atoms with van der Waals surface area (Å²) < 4.78 is 9.49. The van der Waals surface area contributed by atoms with E-state index in [0.717, 1.165) is 19.3 Å². The Kier molecular flexibility index (Phi) is 8.24. The highest BCUT2D eigenvalue weighted by molar-refractivity contribution is 5.71. The van der Waals surface area contributed by atoms with Gasteiger partial charge in [-0.15, -0.1) is 0 Å². The molecule has 0 aromatic carbocycles. The van der Waals surface area contributed by atoms with E-state index >= 15 is 0 Å². The molecule has 0 rings (SSSR count). The third-order valence-electron chi connectivity index (χ3n) is 2.04. The van der Waals surface area contributed by atoms with Gasteiger partial charge in [0.15, 0.2) is 0 Å². The van der Waals surface area contributed by atoms with Gasteiger partial charge in [-0.25, -0.2) is 0 Å². The Morgan fingerprint density at radius 2 is 2.07 bits per heavy atom. The molecule has 0 amide bonds. The van der Waals surface area contributed by atoms with Gasteiger partial charge in [0.05, 0.1) is 19.6 Å². The van der Waals surface area contributed by atoms with Crippen molar-refractivity contribution in [2.45, 2.75) is 26.2 Å². The number of methoxy groups -OCH3 is 2. The fraction of sp³-hybridized carbons (Fsp3) is 0.727. The third kappa shape index (κ3) is 6.66. The zero-order valence-electron chi connectivity index (χ0n) is 9.29. The average molecular weight is 200 g/mol. The van der Waals surface area contributed by atoms with E-state index < -0.39 is 0 Å². The van der Waals surface area contributed by atoms with E-state index in [-0.39, 0.29) is 11.9 Å². The maximum atomic E-state index is 11.0. The number of carbonyl (C=O) groups is 1. The van der Waals surface area contributed by atoms with Gasteiger partial charge in [0.25, 0.3) is 0 Å². The molecule has 0 aromatic heterocycles. The molecule has 1 atom stereocenters. The number of ether oxygens (including phenoxy) is 2. The average Bonchev–Trinajstić information content (AvgIpc) is 2.21. The highest BCUT2D eigenvalue weighted by Crippen LogP contribution is 2.09. The van der Waals surface area contributed by atoms with Crippen LogP contribution < -0.4 is 0 Å². The molecule has 0 aliphatic heterocycles. The van der Waals surface area contributed by atoms with Crippen molar-refractivity contribution >= 4 is 5.97 Å². The number of unbranched alkanes of at least 4 members (excludes halogenated alkanes) is 1. The van der Waals surface area contributed by atoms with Crippen LogP contribution in [0.5, 0.6) is 0 Å². The quantitative estimate of drug-likeness (QED) is 0.359. The predicted molar refractivity (Wildman–Crippen MR) is 56.0 cm³/mol. The molecule has 0 saturated carbocycles. The van der Waals surface area contributed by atoms with Crippen molar-refractivity contribution in [1.29, 1.82) is 0 Å². The number of hydrogen-bond acceptors (Lipinski definition) is 3. The largest absolute Gasteiger partial charge is 0.469 e. The first-order valence-corrected chi connectivity index (χ1v) is 4.94. The van der Waals surface area contributed by atoms with Crippen molar-refractivity contribution in [3.8, 4) is 0 Å². The van der Waals surface area contributed by atoms with Crippen LogP contribution in [-0.4, -0.2) is 26.8 Å². The van der Waals surface area contributed by atoms with E-state index in [1.807, 2.05) is 13.0 Å². The first kappa shape index (κ1) is 13.2. The Bertz CT molecular complexity index is 175. The number of esters is 1.